The van der Waals surface area contributed by atoms with Crippen LogP contribution in [-0.2, 0) is 11.2 Å². The lowest BCUT2D eigenvalue weighted by atomic mass is 10.1. The highest BCUT2D eigenvalue weighted by Gasteiger charge is 2.19. The lowest BCUT2D eigenvalue weighted by Crippen LogP contribution is -2.45. The second-order valence-electron chi connectivity index (χ2n) is 7.44. The van der Waals surface area contributed by atoms with Gasteiger partial charge in [0.15, 0.2) is 0 Å². The highest BCUT2D eigenvalue weighted by atomic mass is 32.1. The molecule has 5 nitrogen and oxygen atoms in total. The maximum Gasteiger partial charge on any atom is 0.225 e. The molecular formula is C22H31N3O2S. The summed E-state index contributed by atoms with van der Waals surface area (Å²) in [7, 11) is 1.66. The number of carbonyl (C=O) groups is 1. The molecule has 3 rings (SSSR count). The summed E-state index contributed by atoms with van der Waals surface area (Å²) >= 11 is 1.60. The summed E-state index contributed by atoms with van der Waals surface area (Å²) in [5, 5.41) is 4.23. The van der Waals surface area contributed by atoms with Gasteiger partial charge in [-0.3, -0.25) is 4.79 Å². The molecule has 1 saturated heterocycles. The summed E-state index contributed by atoms with van der Waals surface area (Å²) in [6.45, 7) is 7.40. The first-order valence-electron chi connectivity index (χ1n) is 10.2. The molecule has 1 aromatic carbocycles. The molecule has 1 aliphatic heterocycles. The molecular weight excluding hydrogens is 370 g/mol. The fourth-order valence-corrected chi connectivity index (χ4v) is 4.68. The maximum atomic E-state index is 12.7. The fraction of sp³-hybridized carbons (Fsp3) is 0.545. The van der Waals surface area contributed by atoms with Crippen molar-refractivity contribution >= 4 is 17.2 Å². The van der Waals surface area contributed by atoms with Crippen LogP contribution in [0.3, 0.4) is 0 Å². The summed E-state index contributed by atoms with van der Waals surface area (Å²) in [6, 6.07) is 8.07. The van der Waals surface area contributed by atoms with Crippen LogP contribution in [0.4, 0.5) is 0 Å². The number of nitrogens with zero attached hydrogens (tertiary/aromatic N) is 2. The number of hydrogen-bond donors (Lipinski definition) is 1. The molecule has 1 amide bonds. The predicted octanol–water partition coefficient (Wildman–Crippen LogP) is 4.05. The molecule has 1 aromatic heterocycles. The first-order chi connectivity index (χ1) is 13.6. The Labute approximate surface area is 172 Å². The standard InChI is InChI=1S/C22H31N3O2S/c1-4-18(15-25-12-6-5-7-13-25)24-21(26)14-20-22(23-16(2)28-20)17-8-10-19(27-3)11-9-17/h8-11,18H,4-7,12-15H2,1-3H3,(H,24,26)/t18-/m0/s1. The number of aromatic nitrogens is 1. The Kier molecular flexibility index (Phi) is 7.45. The number of amides is 1. The Balaban J connectivity index is 1.64. The van der Waals surface area contributed by atoms with E-state index in [1.807, 2.05) is 31.2 Å². The van der Waals surface area contributed by atoms with E-state index in [0.717, 1.165) is 52.9 Å². The Hall–Kier alpha value is -1.92. The van der Waals surface area contributed by atoms with E-state index in [9.17, 15) is 4.79 Å². The van der Waals surface area contributed by atoms with Crippen molar-refractivity contribution in [3.05, 3.63) is 34.2 Å². The fourth-order valence-electron chi connectivity index (χ4n) is 3.72. The topological polar surface area (TPSA) is 54.5 Å². The van der Waals surface area contributed by atoms with E-state index in [1.54, 1.807) is 18.4 Å². The van der Waals surface area contributed by atoms with E-state index < -0.39 is 0 Å². The minimum absolute atomic E-state index is 0.0854. The lowest BCUT2D eigenvalue weighted by Gasteiger charge is -2.30. The second-order valence-corrected chi connectivity index (χ2v) is 8.73. The van der Waals surface area contributed by atoms with Crippen LogP contribution in [0.2, 0.25) is 0 Å². The lowest BCUT2D eigenvalue weighted by molar-refractivity contribution is -0.121. The van der Waals surface area contributed by atoms with Crippen molar-refractivity contribution in [2.45, 2.75) is 52.0 Å². The minimum atomic E-state index is 0.0854. The number of aryl methyl sites for hydroxylation is 1. The van der Waals surface area contributed by atoms with Gasteiger partial charge in [0.05, 0.1) is 24.2 Å². The monoisotopic (exact) mass is 401 g/mol. The molecule has 2 heterocycles. The normalized spacial score (nSPS) is 16.0. The van der Waals surface area contributed by atoms with Gasteiger partial charge in [-0.2, -0.15) is 0 Å². The quantitative estimate of drug-likeness (QED) is 0.725. The van der Waals surface area contributed by atoms with Crippen LogP contribution in [0.5, 0.6) is 5.75 Å². The third-order valence-electron chi connectivity index (χ3n) is 5.27. The summed E-state index contributed by atoms with van der Waals surface area (Å²) in [4.78, 5) is 20.9. The van der Waals surface area contributed by atoms with Gasteiger partial charge in [-0.05, 0) is 63.5 Å². The van der Waals surface area contributed by atoms with Crippen molar-refractivity contribution in [2.75, 3.05) is 26.7 Å². The van der Waals surface area contributed by atoms with Gasteiger partial charge < -0.3 is 15.0 Å². The third kappa shape index (κ3) is 5.55. The Morgan fingerprint density at radius 1 is 1.25 bits per heavy atom. The van der Waals surface area contributed by atoms with Crippen LogP contribution < -0.4 is 10.1 Å². The number of likely N-dealkylation sites (tertiary alicyclic amines) is 1. The van der Waals surface area contributed by atoms with Crippen molar-refractivity contribution < 1.29 is 9.53 Å². The predicted molar refractivity (Wildman–Crippen MR) is 115 cm³/mol. The van der Waals surface area contributed by atoms with Gasteiger partial charge in [-0.15, -0.1) is 11.3 Å². The van der Waals surface area contributed by atoms with Crippen LogP contribution in [0, 0.1) is 6.92 Å². The zero-order chi connectivity index (χ0) is 19.9. The molecule has 0 spiro atoms. The van der Waals surface area contributed by atoms with Crippen LogP contribution in [0.1, 0.15) is 42.5 Å². The number of thiazole rings is 1. The number of hydrogen-bond acceptors (Lipinski definition) is 5. The smallest absolute Gasteiger partial charge is 0.225 e. The van der Waals surface area contributed by atoms with Gasteiger partial charge in [-0.25, -0.2) is 4.98 Å². The molecule has 2 aromatic rings. The Morgan fingerprint density at radius 2 is 1.96 bits per heavy atom. The number of rotatable bonds is 8. The highest BCUT2D eigenvalue weighted by molar-refractivity contribution is 7.12. The number of carbonyl (C=O) groups excluding carboxylic acids is 1. The van der Waals surface area contributed by atoms with Crippen molar-refractivity contribution in [3.63, 3.8) is 0 Å². The molecule has 152 valence electrons. The molecule has 0 aliphatic carbocycles. The largest absolute Gasteiger partial charge is 0.497 e. The zero-order valence-corrected chi connectivity index (χ0v) is 18.0. The van der Waals surface area contributed by atoms with Crippen molar-refractivity contribution in [1.29, 1.82) is 0 Å². The summed E-state index contributed by atoms with van der Waals surface area (Å²) in [5.41, 5.74) is 1.93. The molecule has 0 saturated carbocycles. The van der Waals surface area contributed by atoms with Gasteiger partial charge in [0.2, 0.25) is 5.91 Å². The molecule has 1 aliphatic rings. The number of ether oxygens (including phenoxy) is 1. The Morgan fingerprint density at radius 3 is 2.61 bits per heavy atom. The SMILES string of the molecule is CC[C@@H](CN1CCCCC1)NC(=O)Cc1sc(C)nc1-c1ccc(OC)cc1. The molecule has 1 atom stereocenters. The molecule has 1 N–H and O–H groups in total. The highest BCUT2D eigenvalue weighted by Crippen LogP contribution is 2.29. The van der Waals surface area contributed by atoms with Crippen LogP contribution in [0.25, 0.3) is 11.3 Å². The number of benzene rings is 1. The van der Waals surface area contributed by atoms with Gasteiger partial charge in [0.25, 0.3) is 0 Å². The average Bonchev–Trinajstić information content (AvgIpc) is 3.08. The number of nitrogens with one attached hydrogen (secondary N) is 1. The molecule has 28 heavy (non-hydrogen) atoms. The van der Waals surface area contributed by atoms with E-state index in [-0.39, 0.29) is 11.9 Å². The number of piperidine rings is 1. The van der Waals surface area contributed by atoms with Crippen molar-refractivity contribution in [3.8, 4) is 17.0 Å². The van der Waals surface area contributed by atoms with Crippen molar-refractivity contribution in [1.82, 2.24) is 15.2 Å². The minimum Gasteiger partial charge on any atom is -0.497 e. The molecule has 0 unspecified atom stereocenters. The van der Waals surface area contributed by atoms with E-state index in [1.165, 1.54) is 19.3 Å². The molecule has 1 fully saturated rings. The molecule has 6 heteroatoms. The average molecular weight is 402 g/mol. The second kappa shape index (κ2) is 10.0. The molecule has 0 bridgehead atoms. The van der Waals surface area contributed by atoms with E-state index in [2.05, 4.69) is 22.1 Å². The first kappa shape index (κ1) is 20.8. The van der Waals surface area contributed by atoms with E-state index in [0.29, 0.717) is 6.42 Å². The van der Waals surface area contributed by atoms with E-state index >= 15 is 0 Å². The van der Waals surface area contributed by atoms with Crippen LogP contribution in [0.15, 0.2) is 24.3 Å². The van der Waals surface area contributed by atoms with Gasteiger partial charge in [0, 0.05) is 23.0 Å². The first-order valence-corrected chi connectivity index (χ1v) is 11.0. The number of methoxy groups -OCH3 is 1. The third-order valence-corrected chi connectivity index (χ3v) is 6.24. The van der Waals surface area contributed by atoms with Gasteiger partial charge in [-0.1, -0.05) is 13.3 Å². The summed E-state index contributed by atoms with van der Waals surface area (Å²) in [6.07, 6.45) is 5.21. The maximum absolute atomic E-state index is 12.7. The van der Waals surface area contributed by atoms with Crippen LogP contribution in [-0.4, -0.2) is 48.6 Å². The van der Waals surface area contributed by atoms with Crippen molar-refractivity contribution in [2.24, 2.45) is 0 Å². The van der Waals surface area contributed by atoms with Crippen LogP contribution >= 0.6 is 11.3 Å². The van der Waals surface area contributed by atoms with E-state index in [4.69, 9.17) is 4.74 Å². The Bertz CT molecular complexity index is 767. The molecule has 0 radical (unpaired) electrons. The summed E-state index contributed by atoms with van der Waals surface area (Å²) < 4.78 is 5.24. The summed E-state index contributed by atoms with van der Waals surface area (Å²) in [5.74, 6) is 0.903. The van der Waals surface area contributed by atoms with Gasteiger partial charge >= 0.3 is 0 Å². The zero-order valence-electron chi connectivity index (χ0n) is 17.2. The van der Waals surface area contributed by atoms with Gasteiger partial charge in [0.1, 0.15) is 5.75 Å².